The molecule has 1 aromatic carbocycles. The second-order valence-corrected chi connectivity index (χ2v) is 12.1. The molecule has 39 heavy (non-hydrogen) atoms. The number of hydrogen-bond donors (Lipinski definition) is 1. The summed E-state index contributed by atoms with van der Waals surface area (Å²) in [5.74, 6) is -1.00. The van der Waals surface area contributed by atoms with Crippen LogP contribution in [0.3, 0.4) is 0 Å². The zero-order chi connectivity index (χ0) is 29.3. The zero-order valence-corrected chi connectivity index (χ0v) is 23.9. The van der Waals surface area contributed by atoms with Gasteiger partial charge in [0, 0.05) is 0 Å². The lowest BCUT2D eigenvalue weighted by Gasteiger charge is -2.26. The second kappa shape index (κ2) is 13.9. The third-order valence-corrected chi connectivity index (χ3v) is 6.02. The topological polar surface area (TPSA) is 86.8 Å². The number of alkyl carbamates (subject to hydrolysis) is 1. The SMILES string of the molecule is CC(C)(C)OC(=O)N[C@@H](CCSCCC(c1ccc(Oc2ccccc2)cn1)C(F)(F)F)C(=O)OC(C)(C)C. The number of amides is 1. The summed E-state index contributed by atoms with van der Waals surface area (Å²) in [6.45, 7) is 10.2. The number of ether oxygens (including phenoxy) is 3. The van der Waals surface area contributed by atoms with Gasteiger partial charge in [-0.15, -0.1) is 0 Å². The molecule has 0 radical (unpaired) electrons. The monoisotopic (exact) mass is 570 g/mol. The molecule has 0 saturated carbocycles. The summed E-state index contributed by atoms with van der Waals surface area (Å²) in [7, 11) is 0. The van der Waals surface area contributed by atoms with E-state index in [1.54, 1.807) is 65.8 Å². The minimum atomic E-state index is -4.48. The number of alkyl halides is 3. The maximum Gasteiger partial charge on any atom is 0.408 e. The molecule has 2 aromatic rings. The van der Waals surface area contributed by atoms with Gasteiger partial charge in [-0.2, -0.15) is 24.9 Å². The van der Waals surface area contributed by atoms with Crippen LogP contribution >= 0.6 is 11.8 Å². The number of aromatic nitrogens is 1. The maximum absolute atomic E-state index is 13.8. The molecule has 7 nitrogen and oxygen atoms in total. The van der Waals surface area contributed by atoms with Gasteiger partial charge in [0.15, 0.2) is 0 Å². The first kappa shape index (κ1) is 32.3. The van der Waals surface area contributed by atoms with Gasteiger partial charge in [-0.1, -0.05) is 18.2 Å². The van der Waals surface area contributed by atoms with Crippen molar-refractivity contribution in [1.82, 2.24) is 10.3 Å². The third-order valence-electron chi connectivity index (χ3n) is 4.97. The molecule has 0 aliphatic heterocycles. The normalized spacial score (nSPS) is 13.8. The van der Waals surface area contributed by atoms with Crippen molar-refractivity contribution in [2.24, 2.45) is 0 Å². The van der Waals surface area contributed by atoms with Gasteiger partial charge in [-0.3, -0.25) is 4.98 Å². The fourth-order valence-electron chi connectivity index (χ4n) is 3.34. The van der Waals surface area contributed by atoms with Gasteiger partial charge < -0.3 is 19.5 Å². The largest absolute Gasteiger partial charge is 0.458 e. The zero-order valence-electron chi connectivity index (χ0n) is 23.1. The fraction of sp³-hybridized carbons (Fsp3) is 0.536. The van der Waals surface area contributed by atoms with Crippen molar-refractivity contribution in [2.75, 3.05) is 11.5 Å². The lowest BCUT2D eigenvalue weighted by molar-refractivity contribution is -0.157. The minimum absolute atomic E-state index is 0.0956. The van der Waals surface area contributed by atoms with Gasteiger partial charge in [0.2, 0.25) is 0 Å². The summed E-state index contributed by atoms with van der Waals surface area (Å²) >= 11 is 1.25. The molecule has 1 heterocycles. The molecule has 0 spiro atoms. The Kier molecular flexibility index (Phi) is 11.5. The van der Waals surface area contributed by atoms with Gasteiger partial charge in [0.1, 0.15) is 28.7 Å². The number of benzene rings is 1. The van der Waals surface area contributed by atoms with Crippen molar-refractivity contribution >= 4 is 23.8 Å². The van der Waals surface area contributed by atoms with Crippen molar-refractivity contribution in [2.45, 2.75) is 83.7 Å². The lowest BCUT2D eigenvalue weighted by atomic mass is 10.0. The number of rotatable bonds is 11. The van der Waals surface area contributed by atoms with E-state index in [1.165, 1.54) is 30.1 Å². The van der Waals surface area contributed by atoms with Crippen LogP contribution in [-0.2, 0) is 14.3 Å². The average molecular weight is 571 g/mol. The van der Waals surface area contributed by atoms with Crippen LogP contribution in [-0.4, -0.2) is 52.0 Å². The Morgan fingerprint density at radius 3 is 2.03 bits per heavy atom. The van der Waals surface area contributed by atoms with Gasteiger partial charge in [-0.05, 0) is 90.2 Å². The van der Waals surface area contributed by atoms with Crippen LogP contribution < -0.4 is 10.1 Å². The van der Waals surface area contributed by atoms with E-state index in [2.05, 4.69) is 10.3 Å². The number of pyridine rings is 1. The number of para-hydroxylation sites is 1. The Hall–Kier alpha value is -2.95. The summed E-state index contributed by atoms with van der Waals surface area (Å²) in [4.78, 5) is 28.9. The Morgan fingerprint density at radius 2 is 1.49 bits per heavy atom. The number of esters is 1. The standard InChI is InChI=1S/C28H37F3N2O5S/c1-26(2,3)37-24(34)23(33-25(35)38-27(4,5)6)15-17-39-16-14-21(28(29,30)31)22-13-12-20(18-32-22)36-19-10-8-7-9-11-19/h7-13,18,21,23H,14-17H2,1-6H3,(H,33,35)/t21?,23-/m0/s1. The van der Waals surface area contributed by atoms with E-state index in [0.29, 0.717) is 17.3 Å². The van der Waals surface area contributed by atoms with E-state index in [1.807, 2.05) is 6.07 Å². The molecule has 0 fully saturated rings. The maximum atomic E-state index is 13.8. The Balaban J connectivity index is 1.95. The number of nitrogens with one attached hydrogen (secondary N) is 1. The predicted molar refractivity (Wildman–Crippen MR) is 145 cm³/mol. The number of thioether (sulfide) groups is 1. The van der Waals surface area contributed by atoms with Crippen LogP contribution in [0.25, 0.3) is 0 Å². The van der Waals surface area contributed by atoms with Crippen molar-refractivity contribution in [3.05, 3.63) is 54.4 Å². The molecule has 0 aliphatic rings. The number of hydrogen-bond acceptors (Lipinski definition) is 7. The van der Waals surface area contributed by atoms with Crippen LogP contribution in [0.1, 0.15) is 66.0 Å². The molecule has 216 valence electrons. The van der Waals surface area contributed by atoms with Crippen LogP contribution in [0.5, 0.6) is 11.5 Å². The summed E-state index contributed by atoms with van der Waals surface area (Å²) < 4.78 is 57.7. The van der Waals surface area contributed by atoms with Gasteiger partial charge in [-0.25, -0.2) is 9.59 Å². The molecule has 0 saturated heterocycles. The first-order chi connectivity index (χ1) is 18.0. The van der Waals surface area contributed by atoms with E-state index < -0.39 is 41.4 Å². The van der Waals surface area contributed by atoms with E-state index >= 15 is 0 Å². The molecule has 11 heteroatoms. The molecular formula is C28H37F3N2O5S. The number of nitrogens with zero attached hydrogens (tertiary/aromatic N) is 1. The van der Waals surface area contributed by atoms with E-state index in [9.17, 15) is 22.8 Å². The van der Waals surface area contributed by atoms with Crippen molar-refractivity contribution < 1.29 is 37.0 Å². The molecule has 0 bridgehead atoms. The quantitative estimate of drug-likeness (QED) is 0.225. The molecule has 1 N–H and O–H groups in total. The Morgan fingerprint density at radius 1 is 0.872 bits per heavy atom. The molecule has 1 unspecified atom stereocenters. The summed E-state index contributed by atoms with van der Waals surface area (Å²) in [6.07, 6.45) is -4.00. The summed E-state index contributed by atoms with van der Waals surface area (Å²) in [5, 5.41) is 2.52. The Bertz CT molecular complexity index is 1050. The molecule has 1 aromatic heterocycles. The van der Waals surface area contributed by atoms with Crippen LogP contribution in [0.4, 0.5) is 18.0 Å². The van der Waals surface area contributed by atoms with Crippen molar-refractivity contribution in [3.8, 4) is 11.5 Å². The van der Waals surface area contributed by atoms with Crippen LogP contribution in [0.2, 0.25) is 0 Å². The van der Waals surface area contributed by atoms with E-state index in [4.69, 9.17) is 14.2 Å². The van der Waals surface area contributed by atoms with E-state index in [0.717, 1.165) is 0 Å². The molecular weight excluding hydrogens is 533 g/mol. The molecule has 2 rings (SSSR count). The minimum Gasteiger partial charge on any atom is -0.458 e. The molecule has 1 amide bonds. The Labute approximate surface area is 232 Å². The van der Waals surface area contributed by atoms with Crippen LogP contribution in [0.15, 0.2) is 48.7 Å². The second-order valence-electron chi connectivity index (χ2n) is 10.9. The average Bonchev–Trinajstić information content (AvgIpc) is 2.79. The van der Waals surface area contributed by atoms with Crippen molar-refractivity contribution in [3.63, 3.8) is 0 Å². The molecule has 2 atom stereocenters. The smallest absolute Gasteiger partial charge is 0.408 e. The van der Waals surface area contributed by atoms with Crippen molar-refractivity contribution in [1.29, 1.82) is 0 Å². The number of carbonyl (C=O) groups excluding carboxylic acids is 2. The first-order valence-corrected chi connectivity index (χ1v) is 13.7. The summed E-state index contributed by atoms with van der Waals surface area (Å²) in [5.41, 5.74) is -1.63. The van der Waals surface area contributed by atoms with Gasteiger partial charge in [0.25, 0.3) is 0 Å². The van der Waals surface area contributed by atoms with Gasteiger partial charge >= 0.3 is 18.2 Å². The lowest BCUT2D eigenvalue weighted by Crippen LogP contribution is -2.46. The molecule has 0 aliphatic carbocycles. The summed E-state index contributed by atoms with van der Waals surface area (Å²) in [6, 6.07) is 10.7. The number of carbonyl (C=O) groups is 2. The highest BCUT2D eigenvalue weighted by molar-refractivity contribution is 7.99. The first-order valence-electron chi connectivity index (χ1n) is 12.6. The van der Waals surface area contributed by atoms with Crippen LogP contribution in [0, 0.1) is 0 Å². The number of halogens is 3. The fourth-order valence-corrected chi connectivity index (χ4v) is 4.35. The van der Waals surface area contributed by atoms with Gasteiger partial charge in [0.05, 0.1) is 17.8 Å². The third kappa shape index (κ3) is 12.6. The highest BCUT2D eigenvalue weighted by atomic mass is 32.2. The predicted octanol–water partition coefficient (Wildman–Crippen LogP) is 7.27. The van der Waals surface area contributed by atoms with E-state index in [-0.39, 0.29) is 24.3 Å². The highest BCUT2D eigenvalue weighted by Gasteiger charge is 2.41. The highest BCUT2D eigenvalue weighted by Crippen LogP contribution is 2.38.